The average Bonchev–Trinajstić information content (AvgIpc) is 2.99. The highest BCUT2D eigenvalue weighted by molar-refractivity contribution is 5.81. The molecule has 0 heterocycles. The molecule has 19 heavy (non-hydrogen) atoms. The summed E-state index contributed by atoms with van der Waals surface area (Å²) in [4.78, 5) is 23.8. The van der Waals surface area contributed by atoms with Crippen LogP contribution in [0.4, 0.5) is 0 Å². The number of hydrogen-bond acceptors (Lipinski definition) is 4. The standard InChI is InChI=1S/C15H18O4/c1-18-15(17)13(11-7-3-2-4-8-11)19-14(16)12-9-5-6-10-12/h2-4,7-8,12-13H,5-6,9-10H2,1H3. The van der Waals surface area contributed by atoms with Gasteiger partial charge in [0.1, 0.15) is 0 Å². The third-order valence-corrected chi connectivity index (χ3v) is 3.44. The number of carbonyl (C=O) groups excluding carboxylic acids is 2. The van der Waals surface area contributed by atoms with Crippen molar-refractivity contribution in [2.24, 2.45) is 5.92 Å². The van der Waals surface area contributed by atoms with Crippen LogP contribution in [-0.2, 0) is 19.1 Å². The molecule has 102 valence electrons. The molecule has 0 N–H and O–H groups in total. The van der Waals surface area contributed by atoms with Gasteiger partial charge in [0.2, 0.25) is 6.10 Å². The van der Waals surface area contributed by atoms with E-state index in [2.05, 4.69) is 0 Å². The minimum atomic E-state index is -0.959. The van der Waals surface area contributed by atoms with Crippen LogP contribution in [0.3, 0.4) is 0 Å². The molecule has 1 aliphatic carbocycles. The van der Waals surface area contributed by atoms with Crippen LogP contribution in [0.5, 0.6) is 0 Å². The van der Waals surface area contributed by atoms with Crippen molar-refractivity contribution in [3.8, 4) is 0 Å². The Bertz CT molecular complexity index is 435. The van der Waals surface area contributed by atoms with Gasteiger partial charge in [-0.1, -0.05) is 43.2 Å². The van der Waals surface area contributed by atoms with Gasteiger partial charge in [0, 0.05) is 5.56 Å². The van der Waals surface area contributed by atoms with E-state index in [1.165, 1.54) is 7.11 Å². The van der Waals surface area contributed by atoms with Gasteiger partial charge in [-0.25, -0.2) is 4.79 Å². The zero-order valence-electron chi connectivity index (χ0n) is 11.0. The van der Waals surface area contributed by atoms with Crippen molar-refractivity contribution in [1.82, 2.24) is 0 Å². The Kier molecular flexibility index (Phi) is 4.55. The van der Waals surface area contributed by atoms with E-state index in [9.17, 15) is 9.59 Å². The quantitative estimate of drug-likeness (QED) is 0.783. The van der Waals surface area contributed by atoms with Gasteiger partial charge in [-0.15, -0.1) is 0 Å². The summed E-state index contributed by atoms with van der Waals surface area (Å²) in [5, 5.41) is 0. The number of ether oxygens (including phenoxy) is 2. The molecular formula is C15H18O4. The van der Waals surface area contributed by atoms with Crippen LogP contribution in [0.2, 0.25) is 0 Å². The third-order valence-electron chi connectivity index (χ3n) is 3.44. The van der Waals surface area contributed by atoms with Crippen molar-refractivity contribution in [2.45, 2.75) is 31.8 Å². The van der Waals surface area contributed by atoms with Crippen LogP contribution < -0.4 is 0 Å². The first kappa shape index (κ1) is 13.6. The molecule has 0 aromatic heterocycles. The molecular weight excluding hydrogens is 244 g/mol. The van der Waals surface area contributed by atoms with E-state index in [-0.39, 0.29) is 11.9 Å². The molecule has 2 rings (SSSR count). The zero-order valence-corrected chi connectivity index (χ0v) is 11.0. The maximum absolute atomic E-state index is 12.0. The molecule has 1 atom stereocenters. The second-order valence-electron chi connectivity index (χ2n) is 4.73. The maximum Gasteiger partial charge on any atom is 0.351 e. The predicted molar refractivity (Wildman–Crippen MR) is 69.2 cm³/mol. The van der Waals surface area contributed by atoms with Crippen LogP contribution in [0.15, 0.2) is 30.3 Å². The molecule has 0 saturated heterocycles. The third kappa shape index (κ3) is 3.34. The lowest BCUT2D eigenvalue weighted by Crippen LogP contribution is -2.24. The van der Waals surface area contributed by atoms with Gasteiger partial charge < -0.3 is 9.47 Å². The predicted octanol–water partition coefficient (Wildman–Crippen LogP) is 2.63. The Hall–Kier alpha value is -1.84. The first-order valence-corrected chi connectivity index (χ1v) is 6.55. The van der Waals surface area contributed by atoms with Gasteiger partial charge in [-0.3, -0.25) is 4.79 Å². The number of methoxy groups -OCH3 is 1. The zero-order chi connectivity index (χ0) is 13.7. The Morgan fingerprint density at radius 3 is 2.37 bits per heavy atom. The Morgan fingerprint density at radius 2 is 1.79 bits per heavy atom. The Morgan fingerprint density at radius 1 is 1.16 bits per heavy atom. The van der Waals surface area contributed by atoms with E-state index >= 15 is 0 Å². The molecule has 1 aliphatic rings. The lowest BCUT2D eigenvalue weighted by molar-refractivity contribution is -0.169. The van der Waals surface area contributed by atoms with Crippen LogP contribution in [0.25, 0.3) is 0 Å². The second kappa shape index (κ2) is 6.36. The molecule has 4 nitrogen and oxygen atoms in total. The Balaban J connectivity index is 2.10. The monoisotopic (exact) mass is 262 g/mol. The average molecular weight is 262 g/mol. The van der Waals surface area contributed by atoms with Crippen LogP contribution in [0.1, 0.15) is 37.4 Å². The van der Waals surface area contributed by atoms with Crippen LogP contribution in [0, 0.1) is 5.92 Å². The van der Waals surface area contributed by atoms with Crippen LogP contribution >= 0.6 is 0 Å². The molecule has 0 amide bonds. The topological polar surface area (TPSA) is 52.6 Å². The Labute approximate surface area is 112 Å². The van der Waals surface area contributed by atoms with E-state index in [0.29, 0.717) is 5.56 Å². The summed E-state index contributed by atoms with van der Waals surface area (Å²) in [6, 6.07) is 8.95. The van der Waals surface area contributed by atoms with Gasteiger partial charge in [0.25, 0.3) is 0 Å². The number of benzene rings is 1. The fourth-order valence-electron chi connectivity index (χ4n) is 2.36. The van der Waals surface area contributed by atoms with Crippen molar-refractivity contribution < 1.29 is 19.1 Å². The number of carbonyl (C=O) groups is 2. The van der Waals surface area contributed by atoms with Gasteiger partial charge in [-0.05, 0) is 12.8 Å². The summed E-state index contributed by atoms with van der Waals surface area (Å²) in [5.74, 6) is -0.912. The summed E-state index contributed by atoms with van der Waals surface area (Å²) in [7, 11) is 1.29. The molecule has 0 spiro atoms. The summed E-state index contributed by atoms with van der Waals surface area (Å²) >= 11 is 0. The van der Waals surface area contributed by atoms with E-state index in [1.54, 1.807) is 24.3 Å². The molecule has 0 aliphatic heterocycles. The molecule has 1 saturated carbocycles. The fraction of sp³-hybridized carbons (Fsp3) is 0.467. The first-order valence-electron chi connectivity index (χ1n) is 6.55. The number of esters is 2. The van der Waals surface area contributed by atoms with E-state index in [1.807, 2.05) is 6.07 Å². The highest BCUT2D eigenvalue weighted by atomic mass is 16.6. The molecule has 4 heteroatoms. The molecule has 1 aromatic carbocycles. The molecule has 1 unspecified atom stereocenters. The maximum atomic E-state index is 12.0. The lowest BCUT2D eigenvalue weighted by atomic mass is 10.1. The van der Waals surface area contributed by atoms with Crippen molar-refractivity contribution in [2.75, 3.05) is 7.11 Å². The second-order valence-corrected chi connectivity index (χ2v) is 4.73. The summed E-state index contributed by atoms with van der Waals surface area (Å²) in [6.07, 6.45) is 2.84. The fourth-order valence-corrected chi connectivity index (χ4v) is 2.36. The van der Waals surface area contributed by atoms with Gasteiger partial charge in [0.05, 0.1) is 13.0 Å². The normalized spacial score (nSPS) is 16.9. The van der Waals surface area contributed by atoms with Crippen molar-refractivity contribution in [3.63, 3.8) is 0 Å². The lowest BCUT2D eigenvalue weighted by Gasteiger charge is -2.18. The SMILES string of the molecule is COC(=O)C(OC(=O)C1CCCC1)c1ccccc1. The summed E-state index contributed by atoms with van der Waals surface area (Å²) in [5.41, 5.74) is 0.640. The number of hydrogen-bond donors (Lipinski definition) is 0. The van der Waals surface area contributed by atoms with Gasteiger partial charge in [-0.2, -0.15) is 0 Å². The largest absolute Gasteiger partial charge is 0.466 e. The highest BCUT2D eigenvalue weighted by Crippen LogP contribution is 2.28. The van der Waals surface area contributed by atoms with E-state index < -0.39 is 12.1 Å². The minimum Gasteiger partial charge on any atom is -0.466 e. The summed E-state index contributed by atoms with van der Waals surface area (Å²) < 4.78 is 10.1. The summed E-state index contributed by atoms with van der Waals surface area (Å²) in [6.45, 7) is 0. The van der Waals surface area contributed by atoms with Crippen molar-refractivity contribution in [3.05, 3.63) is 35.9 Å². The minimum absolute atomic E-state index is 0.0733. The molecule has 1 aromatic rings. The smallest absolute Gasteiger partial charge is 0.351 e. The van der Waals surface area contributed by atoms with Crippen molar-refractivity contribution in [1.29, 1.82) is 0 Å². The molecule has 0 radical (unpaired) electrons. The first-order chi connectivity index (χ1) is 9.22. The van der Waals surface area contributed by atoms with Gasteiger partial charge in [0.15, 0.2) is 0 Å². The van der Waals surface area contributed by atoms with Crippen LogP contribution in [-0.4, -0.2) is 19.0 Å². The molecule has 0 bridgehead atoms. The highest BCUT2D eigenvalue weighted by Gasteiger charge is 2.31. The van der Waals surface area contributed by atoms with Crippen molar-refractivity contribution >= 4 is 11.9 Å². The number of rotatable bonds is 4. The molecule has 1 fully saturated rings. The van der Waals surface area contributed by atoms with E-state index in [0.717, 1.165) is 25.7 Å². The van der Waals surface area contributed by atoms with E-state index in [4.69, 9.17) is 9.47 Å². The van der Waals surface area contributed by atoms with Gasteiger partial charge >= 0.3 is 11.9 Å².